The minimum absolute atomic E-state index is 0.0725. The van der Waals surface area contributed by atoms with Crippen molar-refractivity contribution >= 4 is 0 Å². The van der Waals surface area contributed by atoms with Gasteiger partial charge in [0.15, 0.2) is 0 Å². The predicted octanol–water partition coefficient (Wildman–Crippen LogP) is 2.25. The number of hydrogen-bond donors (Lipinski definition) is 1. The van der Waals surface area contributed by atoms with Crippen LogP contribution in [0.4, 0.5) is 0 Å². The van der Waals surface area contributed by atoms with Crippen molar-refractivity contribution in [3.05, 3.63) is 0 Å². The molecule has 0 aromatic carbocycles. The van der Waals surface area contributed by atoms with Crippen LogP contribution in [-0.2, 0) is 4.74 Å². The molecule has 1 aliphatic heterocycles. The van der Waals surface area contributed by atoms with E-state index >= 15 is 0 Å². The number of nitrogens with zero attached hydrogens (tertiary/aromatic N) is 1. The van der Waals surface area contributed by atoms with Crippen molar-refractivity contribution in [3.8, 4) is 0 Å². The van der Waals surface area contributed by atoms with E-state index in [2.05, 4.69) is 46.4 Å². The average molecular weight is 242 g/mol. The highest BCUT2D eigenvalue weighted by Gasteiger charge is 2.38. The van der Waals surface area contributed by atoms with Crippen LogP contribution in [-0.4, -0.2) is 41.8 Å². The predicted molar refractivity (Wildman–Crippen MR) is 73.1 cm³/mol. The molecule has 102 valence electrons. The number of ether oxygens (including phenoxy) is 1. The molecule has 3 heteroatoms. The summed E-state index contributed by atoms with van der Waals surface area (Å²) in [5.74, 6) is 0.587. The van der Waals surface area contributed by atoms with E-state index in [9.17, 15) is 0 Å². The summed E-state index contributed by atoms with van der Waals surface area (Å²) in [6, 6.07) is 0.268. The van der Waals surface area contributed by atoms with Gasteiger partial charge in [0.05, 0.1) is 11.2 Å². The minimum atomic E-state index is -0.0725. The zero-order valence-electron chi connectivity index (χ0n) is 12.4. The van der Waals surface area contributed by atoms with E-state index in [1.54, 1.807) is 0 Å². The smallest absolute Gasteiger partial charge is 0.0760 e. The molecule has 1 fully saturated rings. The third-order valence-electron chi connectivity index (χ3n) is 3.61. The lowest BCUT2D eigenvalue weighted by Gasteiger charge is -2.48. The summed E-state index contributed by atoms with van der Waals surface area (Å²) in [5, 5.41) is 0. The molecule has 0 bridgehead atoms. The lowest BCUT2D eigenvalue weighted by atomic mass is 9.95. The van der Waals surface area contributed by atoms with Crippen LogP contribution in [0.3, 0.4) is 0 Å². The van der Waals surface area contributed by atoms with Crippen molar-refractivity contribution in [1.82, 2.24) is 4.90 Å². The van der Waals surface area contributed by atoms with E-state index in [0.717, 1.165) is 26.1 Å². The molecule has 2 N–H and O–H groups in total. The standard InChI is InChI=1S/C14H30N2O/c1-7-11(2)12(15)8-16-9-13(3,4)17-14(5,6)10-16/h11-12H,7-10,15H2,1-6H3. The Morgan fingerprint density at radius 1 is 1.18 bits per heavy atom. The first-order valence-electron chi connectivity index (χ1n) is 6.83. The zero-order chi connectivity index (χ0) is 13.3. The number of nitrogens with two attached hydrogens (primary N) is 1. The molecule has 2 unspecified atom stereocenters. The summed E-state index contributed by atoms with van der Waals surface area (Å²) in [6.45, 7) is 16.0. The highest BCUT2D eigenvalue weighted by molar-refractivity contribution is 4.90. The third-order valence-corrected chi connectivity index (χ3v) is 3.61. The van der Waals surface area contributed by atoms with Crippen molar-refractivity contribution in [2.24, 2.45) is 11.7 Å². The molecule has 1 rings (SSSR count). The van der Waals surface area contributed by atoms with Crippen LogP contribution in [0.5, 0.6) is 0 Å². The van der Waals surface area contributed by atoms with Gasteiger partial charge in [-0.05, 0) is 33.6 Å². The average Bonchev–Trinajstić information content (AvgIpc) is 2.11. The fraction of sp³-hybridized carbons (Fsp3) is 1.00. The maximum atomic E-state index is 6.25. The monoisotopic (exact) mass is 242 g/mol. The zero-order valence-corrected chi connectivity index (χ0v) is 12.4. The molecule has 1 aliphatic rings. The summed E-state index contributed by atoms with van der Waals surface area (Å²) in [4.78, 5) is 2.46. The largest absolute Gasteiger partial charge is 0.367 e. The number of rotatable bonds is 4. The molecule has 1 saturated heterocycles. The molecule has 2 atom stereocenters. The summed E-state index contributed by atoms with van der Waals surface area (Å²) in [6.07, 6.45) is 1.15. The molecule has 0 saturated carbocycles. The molecule has 0 radical (unpaired) electrons. The highest BCUT2D eigenvalue weighted by Crippen LogP contribution is 2.28. The Labute approximate surface area is 107 Å². The first kappa shape index (κ1) is 14.9. The van der Waals surface area contributed by atoms with E-state index in [1.807, 2.05) is 0 Å². The van der Waals surface area contributed by atoms with Gasteiger partial charge in [-0.2, -0.15) is 0 Å². The Balaban J connectivity index is 2.59. The molecule has 0 spiro atoms. The Bertz CT molecular complexity index is 235. The Morgan fingerprint density at radius 3 is 2.06 bits per heavy atom. The van der Waals surface area contributed by atoms with Gasteiger partial charge in [0, 0.05) is 25.7 Å². The van der Waals surface area contributed by atoms with Crippen molar-refractivity contribution in [3.63, 3.8) is 0 Å². The van der Waals surface area contributed by atoms with Crippen LogP contribution in [0, 0.1) is 5.92 Å². The van der Waals surface area contributed by atoms with Gasteiger partial charge in [-0.3, -0.25) is 4.90 Å². The lowest BCUT2D eigenvalue weighted by molar-refractivity contribution is -0.181. The van der Waals surface area contributed by atoms with Crippen molar-refractivity contribution < 1.29 is 4.74 Å². The van der Waals surface area contributed by atoms with Gasteiger partial charge >= 0.3 is 0 Å². The Hall–Kier alpha value is -0.120. The molecule has 0 aliphatic carbocycles. The number of morpholine rings is 1. The second-order valence-electron chi connectivity index (χ2n) is 6.84. The van der Waals surface area contributed by atoms with Crippen molar-refractivity contribution in [2.75, 3.05) is 19.6 Å². The quantitative estimate of drug-likeness (QED) is 0.822. The van der Waals surface area contributed by atoms with Crippen LogP contribution in [0.15, 0.2) is 0 Å². The normalized spacial score (nSPS) is 27.7. The van der Waals surface area contributed by atoms with Crippen molar-refractivity contribution in [2.45, 2.75) is 65.2 Å². The van der Waals surface area contributed by atoms with Gasteiger partial charge < -0.3 is 10.5 Å². The Kier molecular flexibility index (Phi) is 4.61. The summed E-state index contributed by atoms with van der Waals surface area (Å²) in [7, 11) is 0. The van der Waals surface area contributed by atoms with Crippen molar-refractivity contribution in [1.29, 1.82) is 0 Å². The van der Waals surface area contributed by atoms with E-state index in [0.29, 0.717) is 5.92 Å². The second kappa shape index (κ2) is 5.25. The van der Waals surface area contributed by atoms with E-state index in [-0.39, 0.29) is 17.2 Å². The highest BCUT2D eigenvalue weighted by atomic mass is 16.5. The minimum Gasteiger partial charge on any atom is -0.367 e. The summed E-state index contributed by atoms with van der Waals surface area (Å²) >= 11 is 0. The van der Waals surface area contributed by atoms with E-state index in [4.69, 9.17) is 10.5 Å². The molecule has 1 heterocycles. The summed E-state index contributed by atoms with van der Waals surface area (Å²) in [5.41, 5.74) is 6.11. The molecular formula is C14H30N2O. The SMILES string of the molecule is CCC(C)C(N)CN1CC(C)(C)OC(C)(C)C1. The Morgan fingerprint density at radius 2 is 1.65 bits per heavy atom. The first-order valence-corrected chi connectivity index (χ1v) is 6.83. The van der Waals surface area contributed by atoms with Gasteiger partial charge in [-0.1, -0.05) is 20.3 Å². The third kappa shape index (κ3) is 4.57. The topological polar surface area (TPSA) is 38.5 Å². The maximum Gasteiger partial charge on any atom is 0.0760 e. The lowest BCUT2D eigenvalue weighted by Crippen LogP contribution is -2.59. The van der Waals surface area contributed by atoms with Crippen LogP contribution in [0.25, 0.3) is 0 Å². The fourth-order valence-corrected chi connectivity index (χ4v) is 2.86. The van der Waals surface area contributed by atoms with E-state index < -0.39 is 0 Å². The maximum absolute atomic E-state index is 6.25. The molecule has 17 heavy (non-hydrogen) atoms. The van der Waals surface area contributed by atoms with Crippen LogP contribution < -0.4 is 5.73 Å². The molecule has 0 amide bonds. The van der Waals surface area contributed by atoms with Gasteiger partial charge in [0.1, 0.15) is 0 Å². The van der Waals surface area contributed by atoms with Crippen LogP contribution in [0.2, 0.25) is 0 Å². The van der Waals surface area contributed by atoms with Gasteiger partial charge in [0.25, 0.3) is 0 Å². The van der Waals surface area contributed by atoms with Crippen LogP contribution >= 0.6 is 0 Å². The van der Waals surface area contributed by atoms with Crippen LogP contribution in [0.1, 0.15) is 48.0 Å². The molecular weight excluding hydrogens is 212 g/mol. The summed E-state index contributed by atoms with van der Waals surface area (Å²) < 4.78 is 6.08. The molecule has 0 aromatic heterocycles. The fourth-order valence-electron chi connectivity index (χ4n) is 2.86. The van der Waals surface area contributed by atoms with Gasteiger partial charge in [-0.15, -0.1) is 0 Å². The van der Waals surface area contributed by atoms with E-state index in [1.165, 1.54) is 0 Å². The molecule has 0 aromatic rings. The van der Waals surface area contributed by atoms with Gasteiger partial charge in [-0.25, -0.2) is 0 Å². The first-order chi connectivity index (χ1) is 7.65. The van der Waals surface area contributed by atoms with Gasteiger partial charge in [0.2, 0.25) is 0 Å². The second-order valence-corrected chi connectivity index (χ2v) is 6.84. The number of hydrogen-bond acceptors (Lipinski definition) is 3. The molecule has 3 nitrogen and oxygen atoms in total.